The van der Waals surface area contributed by atoms with Gasteiger partial charge in [-0.25, -0.2) is 0 Å². The Morgan fingerprint density at radius 2 is 1.97 bits per heavy atom. The van der Waals surface area contributed by atoms with Crippen molar-refractivity contribution in [2.75, 3.05) is 26.9 Å². The van der Waals surface area contributed by atoms with Gasteiger partial charge in [0.1, 0.15) is 5.75 Å². The summed E-state index contributed by atoms with van der Waals surface area (Å²) in [5.74, 6) is 1.10. The number of alkyl halides is 2. The topological polar surface area (TPSA) is 106 Å². The van der Waals surface area contributed by atoms with Crippen molar-refractivity contribution >= 4 is 11.9 Å². The molecule has 2 heterocycles. The van der Waals surface area contributed by atoms with Crippen LogP contribution in [0.2, 0.25) is 0 Å². The molecule has 3 N–H and O–H groups in total. The third-order valence-electron chi connectivity index (χ3n) is 3.89. The molecular weight excluding hydrogens is 390 g/mol. The first-order valence-electron chi connectivity index (χ1n) is 8.70. The number of hydrogen-bond donors (Lipinski definition) is 3. The molecule has 0 bridgehead atoms. The number of furan rings is 1. The SMILES string of the molecule is CN=C(NCCNC(=O)c1ccco1)NCc1cc2c(cc1OC(F)F)OCO2. The third kappa shape index (κ3) is 5.50. The van der Waals surface area contributed by atoms with E-state index in [1.165, 1.54) is 12.3 Å². The second-order valence-corrected chi connectivity index (χ2v) is 5.78. The highest BCUT2D eigenvalue weighted by atomic mass is 19.3. The first kappa shape index (κ1) is 20.2. The molecule has 2 aromatic rings. The van der Waals surface area contributed by atoms with Gasteiger partial charge in [0.25, 0.3) is 5.91 Å². The van der Waals surface area contributed by atoms with Crippen LogP contribution >= 0.6 is 0 Å². The van der Waals surface area contributed by atoms with Crippen molar-refractivity contribution in [3.05, 3.63) is 41.9 Å². The Morgan fingerprint density at radius 3 is 2.66 bits per heavy atom. The molecule has 0 radical (unpaired) electrons. The van der Waals surface area contributed by atoms with Crippen LogP contribution in [-0.2, 0) is 6.54 Å². The molecule has 156 valence electrons. The highest BCUT2D eigenvalue weighted by molar-refractivity contribution is 5.91. The van der Waals surface area contributed by atoms with Crippen molar-refractivity contribution < 1.29 is 32.2 Å². The molecule has 1 amide bonds. The van der Waals surface area contributed by atoms with E-state index in [1.54, 1.807) is 25.2 Å². The van der Waals surface area contributed by atoms with Crippen LogP contribution in [0.15, 0.2) is 39.9 Å². The number of halogens is 2. The van der Waals surface area contributed by atoms with Crippen LogP contribution in [0.1, 0.15) is 16.1 Å². The van der Waals surface area contributed by atoms with Crippen LogP contribution < -0.4 is 30.2 Å². The molecule has 1 aliphatic heterocycles. The maximum absolute atomic E-state index is 12.7. The molecule has 1 aromatic carbocycles. The molecule has 1 aromatic heterocycles. The number of fused-ring (bicyclic) bond motifs is 1. The highest BCUT2D eigenvalue weighted by Crippen LogP contribution is 2.38. The summed E-state index contributed by atoms with van der Waals surface area (Å²) in [4.78, 5) is 15.8. The lowest BCUT2D eigenvalue weighted by Gasteiger charge is -2.15. The summed E-state index contributed by atoms with van der Waals surface area (Å²) in [5, 5.41) is 8.68. The third-order valence-corrected chi connectivity index (χ3v) is 3.89. The molecule has 0 atom stereocenters. The van der Waals surface area contributed by atoms with Crippen LogP contribution in [0.25, 0.3) is 0 Å². The number of amides is 1. The lowest BCUT2D eigenvalue weighted by atomic mass is 10.1. The number of ether oxygens (including phenoxy) is 3. The molecule has 11 heteroatoms. The van der Waals surface area contributed by atoms with Crippen LogP contribution in [0.3, 0.4) is 0 Å². The largest absolute Gasteiger partial charge is 0.459 e. The van der Waals surface area contributed by atoms with Gasteiger partial charge in [0, 0.05) is 38.3 Å². The van der Waals surface area contributed by atoms with Crippen LogP contribution in [0, 0.1) is 0 Å². The predicted molar refractivity (Wildman–Crippen MR) is 98.4 cm³/mol. The quantitative estimate of drug-likeness (QED) is 0.346. The summed E-state index contributed by atoms with van der Waals surface area (Å²) in [5.41, 5.74) is 0.448. The normalized spacial score (nSPS) is 12.8. The van der Waals surface area contributed by atoms with Gasteiger partial charge in [-0.1, -0.05) is 0 Å². The Labute approximate surface area is 165 Å². The van der Waals surface area contributed by atoms with Gasteiger partial charge >= 0.3 is 6.61 Å². The zero-order valence-electron chi connectivity index (χ0n) is 15.5. The molecule has 1 aliphatic rings. The van der Waals surface area contributed by atoms with Crippen molar-refractivity contribution in [3.63, 3.8) is 0 Å². The standard InChI is InChI=1S/C18H20F2N4O5/c1-21-18(23-5-4-22-16(25)12-3-2-6-26-12)24-9-11-7-14-15(28-10-27-14)8-13(11)29-17(19)20/h2-3,6-8,17H,4-5,9-10H2,1H3,(H,22,25)(H2,21,23,24). The van der Waals surface area contributed by atoms with E-state index in [-0.39, 0.29) is 30.8 Å². The summed E-state index contributed by atoms with van der Waals surface area (Å²) in [6.07, 6.45) is 1.42. The Balaban J connectivity index is 1.50. The van der Waals surface area contributed by atoms with Crippen molar-refractivity contribution in [2.24, 2.45) is 4.99 Å². The number of carbonyl (C=O) groups excluding carboxylic acids is 1. The predicted octanol–water partition coefficient (Wildman–Crippen LogP) is 1.70. The second kappa shape index (κ2) is 9.62. The van der Waals surface area contributed by atoms with Gasteiger partial charge in [-0.2, -0.15) is 8.78 Å². The van der Waals surface area contributed by atoms with Gasteiger partial charge in [-0.05, 0) is 18.2 Å². The first-order chi connectivity index (χ1) is 14.1. The van der Waals surface area contributed by atoms with Crippen molar-refractivity contribution in [3.8, 4) is 17.2 Å². The van der Waals surface area contributed by atoms with Gasteiger partial charge < -0.3 is 34.6 Å². The lowest BCUT2D eigenvalue weighted by molar-refractivity contribution is -0.0505. The van der Waals surface area contributed by atoms with E-state index in [9.17, 15) is 13.6 Å². The number of aliphatic imine (C=N–C) groups is 1. The first-order valence-corrected chi connectivity index (χ1v) is 8.70. The minimum absolute atomic E-state index is 0.0158. The molecule has 0 aliphatic carbocycles. The maximum atomic E-state index is 12.7. The van der Waals surface area contributed by atoms with Gasteiger partial charge in [0.15, 0.2) is 23.2 Å². The number of nitrogens with one attached hydrogen (secondary N) is 3. The van der Waals surface area contributed by atoms with E-state index in [0.717, 1.165) is 0 Å². The van der Waals surface area contributed by atoms with Gasteiger partial charge in [0.2, 0.25) is 6.79 Å². The monoisotopic (exact) mass is 410 g/mol. The second-order valence-electron chi connectivity index (χ2n) is 5.78. The summed E-state index contributed by atoms with van der Waals surface area (Å²) in [6, 6.07) is 6.13. The van der Waals surface area contributed by atoms with Crippen molar-refractivity contribution in [1.82, 2.24) is 16.0 Å². The average molecular weight is 410 g/mol. The fraction of sp³-hybridized carbons (Fsp3) is 0.333. The molecule has 29 heavy (non-hydrogen) atoms. The molecule has 0 saturated carbocycles. The molecule has 0 unspecified atom stereocenters. The molecule has 0 spiro atoms. The van der Waals surface area contributed by atoms with Crippen molar-refractivity contribution in [1.29, 1.82) is 0 Å². The van der Waals surface area contributed by atoms with Crippen LogP contribution in [-0.4, -0.2) is 45.4 Å². The maximum Gasteiger partial charge on any atom is 0.387 e. The smallest absolute Gasteiger partial charge is 0.387 e. The Hall–Kier alpha value is -3.50. The number of hydrogen-bond acceptors (Lipinski definition) is 6. The fourth-order valence-electron chi connectivity index (χ4n) is 2.56. The molecule has 0 fully saturated rings. The number of carbonyl (C=O) groups is 1. The van der Waals surface area contributed by atoms with E-state index in [4.69, 9.17) is 13.9 Å². The number of benzene rings is 1. The highest BCUT2D eigenvalue weighted by Gasteiger charge is 2.20. The van der Waals surface area contributed by atoms with E-state index < -0.39 is 6.61 Å². The minimum atomic E-state index is -2.97. The molecule has 0 saturated heterocycles. The summed E-state index contributed by atoms with van der Waals surface area (Å²) in [6.45, 7) is -2.09. The minimum Gasteiger partial charge on any atom is -0.459 e. The van der Waals surface area contributed by atoms with E-state index in [2.05, 4.69) is 25.7 Å². The van der Waals surface area contributed by atoms with E-state index >= 15 is 0 Å². The van der Waals surface area contributed by atoms with Crippen LogP contribution in [0.4, 0.5) is 8.78 Å². The number of guanidine groups is 1. The molecule has 3 rings (SSSR count). The zero-order valence-corrected chi connectivity index (χ0v) is 15.5. The Kier molecular flexibility index (Phi) is 6.72. The molecule has 9 nitrogen and oxygen atoms in total. The number of nitrogens with zero attached hydrogens (tertiary/aromatic N) is 1. The summed E-state index contributed by atoms with van der Waals surface area (Å²) >= 11 is 0. The molecular formula is C18H20F2N4O5. The number of rotatable bonds is 8. The van der Waals surface area contributed by atoms with E-state index in [0.29, 0.717) is 36.1 Å². The summed E-state index contributed by atoms with van der Waals surface area (Å²) in [7, 11) is 1.56. The fourth-order valence-corrected chi connectivity index (χ4v) is 2.56. The summed E-state index contributed by atoms with van der Waals surface area (Å²) < 4.78 is 45.4. The zero-order chi connectivity index (χ0) is 20.6. The van der Waals surface area contributed by atoms with Crippen molar-refractivity contribution in [2.45, 2.75) is 13.2 Å². The van der Waals surface area contributed by atoms with Gasteiger partial charge in [-0.15, -0.1) is 0 Å². The van der Waals surface area contributed by atoms with E-state index in [1.807, 2.05) is 0 Å². The van der Waals surface area contributed by atoms with Crippen LogP contribution in [0.5, 0.6) is 17.2 Å². The average Bonchev–Trinajstić information content (AvgIpc) is 3.38. The Bertz CT molecular complexity index is 858. The lowest BCUT2D eigenvalue weighted by Crippen LogP contribution is -2.41. The van der Waals surface area contributed by atoms with Gasteiger partial charge in [0.05, 0.1) is 6.26 Å². The van der Waals surface area contributed by atoms with Gasteiger partial charge in [-0.3, -0.25) is 9.79 Å². The Morgan fingerprint density at radius 1 is 1.21 bits per heavy atom.